The third-order valence-electron chi connectivity index (χ3n) is 6.10. The van der Waals surface area contributed by atoms with E-state index in [2.05, 4.69) is 30.1 Å². The molecule has 0 unspecified atom stereocenters. The average Bonchev–Trinajstić information content (AvgIpc) is 3.13. The topological polar surface area (TPSA) is 60.0 Å². The Bertz CT molecular complexity index is 1110. The van der Waals surface area contributed by atoms with Gasteiger partial charge in [-0.3, -0.25) is 9.69 Å². The zero-order valence-corrected chi connectivity index (χ0v) is 20.3. The van der Waals surface area contributed by atoms with Crippen LogP contribution in [0.15, 0.2) is 48.5 Å². The molecule has 1 fully saturated rings. The van der Waals surface area contributed by atoms with Crippen LogP contribution >= 0.6 is 11.3 Å². The second-order valence-electron chi connectivity index (χ2n) is 8.01. The van der Waals surface area contributed by atoms with Gasteiger partial charge in [0, 0.05) is 29.1 Å². The Morgan fingerprint density at radius 2 is 1.73 bits per heavy atom. The van der Waals surface area contributed by atoms with E-state index in [1.54, 1.807) is 25.6 Å². The Labute approximate surface area is 199 Å². The van der Waals surface area contributed by atoms with Crippen molar-refractivity contribution in [1.82, 2.24) is 4.90 Å². The van der Waals surface area contributed by atoms with Gasteiger partial charge in [0.1, 0.15) is 5.00 Å². The van der Waals surface area contributed by atoms with Crippen molar-refractivity contribution in [2.75, 3.05) is 45.8 Å². The van der Waals surface area contributed by atoms with Crippen LogP contribution in [0.1, 0.15) is 38.0 Å². The van der Waals surface area contributed by atoms with Gasteiger partial charge in [0.2, 0.25) is 0 Å². The first-order valence-corrected chi connectivity index (χ1v) is 11.8. The number of ether oxygens (including phenoxy) is 3. The van der Waals surface area contributed by atoms with Crippen LogP contribution < -0.4 is 14.8 Å². The molecule has 6 nitrogen and oxygen atoms in total. The number of carbonyl (C=O) groups is 1. The van der Waals surface area contributed by atoms with Crippen molar-refractivity contribution in [3.8, 4) is 11.5 Å². The Morgan fingerprint density at radius 3 is 2.39 bits per heavy atom. The highest BCUT2D eigenvalue weighted by Gasteiger charge is 2.31. The summed E-state index contributed by atoms with van der Waals surface area (Å²) < 4.78 is 16.7. The highest BCUT2D eigenvalue weighted by molar-refractivity contribution is 7.16. The third-order valence-corrected chi connectivity index (χ3v) is 7.24. The molecule has 1 N–H and O–H groups in total. The second kappa shape index (κ2) is 10.4. The summed E-state index contributed by atoms with van der Waals surface area (Å²) in [6.45, 7) is 7.20. The first kappa shape index (κ1) is 23.3. The van der Waals surface area contributed by atoms with Crippen molar-refractivity contribution in [3.63, 3.8) is 0 Å². The second-order valence-corrected chi connectivity index (χ2v) is 9.24. The van der Waals surface area contributed by atoms with E-state index < -0.39 is 0 Å². The molecule has 3 aromatic rings. The SMILES string of the molecule is COc1ccc([C@H](c2c(NC(=O)c3ccccc3)sc(C)c2C)N2CCOCC2)cc1OC. The molecular weight excluding hydrogens is 436 g/mol. The lowest BCUT2D eigenvalue weighted by Crippen LogP contribution is -2.40. The number of amides is 1. The molecule has 1 saturated heterocycles. The number of rotatable bonds is 7. The van der Waals surface area contributed by atoms with Crippen LogP contribution in [0.4, 0.5) is 5.00 Å². The average molecular weight is 467 g/mol. The number of nitrogens with one attached hydrogen (secondary N) is 1. The van der Waals surface area contributed by atoms with Crippen LogP contribution in [0.3, 0.4) is 0 Å². The van der Waals surface area contributed by atoms with Gasteiger partial charge < -0.3 is 19.5 Å². The number of carbonyl (C=O) groups excluding carboxylic acids is 1. The molecule has 7 heteroatoms. The van der Waals surface area contributed by atoms with Gasteiger partial charge >= 0.3 is 0 Å². The van der Waals surface area contributed by atoms with E-state index in [9.17, 15) is 4.79 Å². The minimum atomic E-state index is -0.105. The Morgan fingerprint density at radius 1 is 1.03 bits per heavy atom. The molecule has 0 saturated carbocycles. The van der Waals surface area contributed by atoms with Gasteiger partial charge in [-0.05, 0) is 49.2 Å². The molecule has 1 aromatic heterocycles. The van der Waals surface area contributed by atoms with Crippen LogP contribution in [0.2, 0.25) is 0 Å². The minimum Gasteiger partial charge on any atom is -0.493 e. The first-order chi connectivity index (χ1) is 16.0. The van der Waals surface area contributed by atoms with Crippen molar-refractivity contribution in [1.29, 1.82) is 0 Å². The van der Waals surface area contributed by atoms with Gasteiger partial charge in [-0.2, -0.15) is 0 Å². The molecule has 0 aliphatic carbocycles. The maximum Gasteiger partial charge on any atom is 0.256 e. The molecule has 1 atom stereocenters. The molecular formula is C26H30N2O4S. The van der Waals surface area contributed by atoms with Gasteiger partial charge in [0.25, 0.3) is 5.91 Å². The van der Waals surface area contributed by atoms with E-state index in [-0.39, 0.29) is 11.9 Å². The molecule has 4 rings (SSSR count). The van der Waals surface area contributed by atoms with Gasteiger partial charge in [0.15, 0.2) is 11.5 Å². The smallest absolute Gasteiger partial charge is 0.256 e. The summed E-state index contributed by atoms with van der Waals surface area (Å²) >= 11 is 1.62. The molecule has 0 spiro atoms. The van der Waals surface area contributed by atoms with E-state index >= 15 is 0 Å². The predicted molar refractivity (Wildman–Crippen MR) is 132 cm³/mol. The summed E-state index contributed by atoms with van der Waals surface area (Å²) in [7, 11) is 3.29. The fraction of sp³-hybridized carbons (Fsp3) is 0.346. The fourth-order valence-corrected chi connectivity index (χ4v) is 5.34. The monoisotopic (exact) mass is 466 g/mol. The van der Waals surface area contributed by atoms with E-state index in [0.29, 0.717) is 30.3 Å². The third kappa shape index (κ3) is 4.90. The summed E-state index contributed by atoms with van der Waals surface area (Å²) in [6.07, 6.45) is 0. The van der Waals surface area contributed by atoms with Gasteiger partial charge in [-0.25, -0.2) is 0 Å². The summed E-state index contributed by atoms with van der Waals surface area (Å²) in [5.74, 6) is 1.27. The standard InChI is InChI=1S/C26H30N2O4S/c1-17-18(2)33-26(27-25(29)19-8-6-5-7-9-19)23(17)24(28-12-14-32-15-13-28)20-10-11-21(30-3)22(16-20)31-4/h5-11,16,24H,12-15H2,1-4H3,(H,27,29)/t24-/m1/s1. The van der Waals surface area contributed by atoms with Crippen LogP contribution in [0.5, 0.6) is 11.5 Å². The van der Waals surface area contributed by atoms with E-state index in [4.69, 9.17) is 14.2 Å². The Kier molecular flexibility index (Phi) is 7.33. The van der Waals surface area contributed by atoms with Gasteiger partial charge in [-0.15, -0.1) is 11.3 Å². The van der Waals surface area contributed by atoms with Gasteiger partial charge in [-0.1, -0.05) is 24.3 Å². The van der Waals surface area contributed by atoms with Crippen LogP contribution in [-0.2, 0) is 4.74 Å². The Hall–Kier alpha value is -2.87. The summed E-state index contributed by atoms with van der Waals surface area (Å²) in [5.41, 5.74) is 4.04. The number of morpholine rings is 1. The molecule has 1 aliphatic rings. The van der Waals surface area contributed by atoms with Crippen molar-refractivity contribution >= 4 is 22.2 Å². The molecule has 174 valence electrons. The van der Waals surface area contributed by atoms with Crippen LogP contribution in [0.25, 0.3) is 0 Å². The summed E-state index contributed by atoms with van der Waals surface area (Å²) in [4.78, 5) is 16.6. The molecule has 2 heterocycles. The molecule has 2 aromatic carbocycles. The van der Waals surface area contributed by atoms with Crippen molar-refractivity contribution < 1.29 is 19.0 Å². The van der Waals surface area contributed by atoms with Crippen molar-refractivity contribution in [2.45, 2.75) is 19.9 Å². The number of nitrogens with zero attached hydrogens (tertiary/aromatic N) is 1. The number of aryl methyl sites for hydroxylation is 1. The molecule has 1 aliphatic heterocycles. The van der Waals surface area contributed by atoms with E-state index in [1.807, 2.05) is 42.5 Å². The number of hydrogen-bond acceptors (Lipinski definition) is 6. The lowest BCUT2D eigenvalue weighted by molar-refractivity contribution is 0.0240. The highest BCUT2D eigenvalue weighted by atomic mass is 32.1. The number of methoxy groups -OCH3 is 2. The van der Waals surface area contributed by atoms with Crippen LogP contribution in [-0.4, -0.2) is 51.3 Å². The summed E-state index contributed by atoms with van der Waals surface area (Å²) in [6, 6.07) is 15.3. The van der Waals surface area contributed by atoms with E-state index in [0.717, 1.165) is 29.2 Å². The van der Waals surface area contributed by atoms with Gasteiger partial charge in [0.05, 0.1) is 33.5 Å². The lowest BCUT2D eigenvalue weighted by atomic mass is 9.94. The molecule has 0 bridgehead atoms. The first-order valence-electron chi connectivity index (χ1n) is 11.0. The zero-order valence-electron chi connectivity index (χ0n) is 19.5. The molecule has 0 radical (unpaired) electrons. The normalized spacial score (nSPS) is 15.2. The lowest BCUT2D eigenvalue weighted by Gasteiger charge is -2.36. The molecule has 1 amide bonds. The number of hydrogen-bond donors (Lipinski definition) is 1. The number of anilines is 1. The number of benzene rings is 2. The van der Waals surface area contributed by atoms with Crippen molar-refractivity contribution in [2.24, 2.45) is 0 Å². The zero-order chi connectivity index (χ0) is 23.4. The maximum absolute atomic E-state index is 13.0. The molecule has 33 heavy (non-hydrogen) atoms. The quantitative estimate of drug-likeness (QED) is 0.528. The van der Waals surface area contributed by atoms with Crippen LogP contribution in [0, 0.1) is 13.8 Å². The highest BCUT2D eigenvalue weighted by Crippen LogP contribution is 2.44. The van der Waals surface area contributed by atoms with E-state index in [1.165, 1.54) is 10.4 Å². The maximum atomic E-state index is 13.0. The predicted octanol–water partition coefficient (Wildman–Crippen LogP) is 5.06. The minimum absolute atomic E-state index is 0.0512. The fourth-order valence-electron chi connectivity index (χ4n) is 4.25. The largest absolute Gasteiger partial charge is 0.493 e. The van der Waals surface area contributed by atoms with Crippen molar-refractivity contribution in [3.05, 3.63) is 75.7 Å². The summed E-state index contributed by atoms with van der Waals surface area (Å²) in [5, 5.41) is 4.07. The Balaban J connectivity index is 1.80. The number of thiophene rings is 1.